The molecule has 0 spiro atoms. The van der Waals surface area contributed by atoms with Crippen LogP contribution in [-0.4, -0.2) is 45.5 Å². The second-order valence-corrected chi connectivity index (χ2v) is 6.46. The van der Waals surface area contributed by atoms with Gasteiger partial charge in [0.25, 0.3) is 5.91 Å². The van der Waals surface area contributed by atoms with E-state index < -0.39 is 28.7 Å². The summed E-state index contributed by atoms with van der Waals surface area (Å²) in [7, 11) is -2.42. The van der Waals surface area contributed by atoms with Crippen molar-refractivity contribution in [2.45, 2.75) is 24.4 Å². The van der Waals surface area contributed by atoms with Crippen LogP contribution < -0.4 is 4.72 Å². The van der Waals surface area contributed by atoms with E-state index in [4.69, 9.17) is 0 Å². The predicted molar refractivity (Wildman–Crippen MR) is 74.9 cm³/mol. The lowest BCUT2D eigenvalue weighted by molar-refractivity contribution is -0.140. The van der Waals surface area contributed by atoms with Crippen molar-refractivity contribution in [3.8, 4) is 0 Å². The lowest BCUT2D eigenvalue weighted by atomic mass is 10.2. The van der Waals surface area contributed by atoms with Gasteiger partial charge in [0.05, 0.1) is 4.90 Å². The Balaban J connectivity index is 3.00. The molecule has 1 aromatic carbocycles. The fourth-order valence-electron chi connectivity index (χ4n) is 1.82. The average molecular weight is 338 g/mol. The van der Waals surface area contributed by atoms with Gasteiger partial charge in [-0.05, 0) is 37.7 Å². The van der Waals surface area contributed by atoms with Crippen LogP contribution in [0.15, 0.2) is 29.2 Å². The van der Waals surface area contributed by atoms with Crippen molar-refractivity contribution in [2.24, 2.45) is 0 Å². The third-order valence-electron chi connectivity index (χ3n) is 2.83. The van der Waals surface area contributed by atoms with Crippen molar-refractivity contribution >= 4 is 15.9 Å². The van der Waals surface area contributed by atoms with Crippen molar-refractivity contribution in [1.29, 1.82) is 0 Å². The van der Waals surface area contributed by atoms with Crippen LogP contribution in [0.4, 0.5) is 13.2 Å². The van der Waals surface area contributed by atoms with Crippen LogP contribution in [0.1, 0.15) is 23.7 Å². The molecule has 1 aromatic rings. The lowest BCUT2D eigenvalue weighted by Gasteiger charge is -2.23. The normalized spacial score (nSPS) is 12.2. The summed E-state index contributed by atoms with van der Waals surface area (Å²) in [5, 5.41) is 0. The zero-order chi connectivity index (χ0) is 17.0. The Bertz CT molecular complexity index is 612. The summed E-state index contributed by atoms with van der Waals surface area (Å²) in [6.07, 6.45) is -4.10. The Morgan fingerprint density at radius 3 is 2.18 bits per heavy atom. The third-order valence-corrected chi connectivity index (χ3v) is 4.26. The van der Waals surface area contributed by atoms with Crippen LogP contribution in [-0.2, 0) is 10.0 Å². The molecular formula is C13H17F3N2O3S. The van der Waals surface area contributed by atoms with Gasteiger partial charge in [-0.25, -0.2) is 13.1 Å². The van der Waals surface area contributed by atoms with Gasteiger partial charge in [0.15, 0.2) is 0 Å². The van der Waals surface area contributed by atoms with E-state index in [0.717, 1.165) is 0 Å². The smallest absolute Gasteiger partial charge is 0.330 e. The summed E-state index contributed by atoms with van der Waals surface area (Å²) in [6.45, 7) is 0.296. The summed E-state index contributed by atoms with van der Waals surface area (Å²) in [5.41, 5.74) is 0.00718. The molecule has 0 aliphatic carbocycles. The molecule has 0 aliphatic heterocycles. The largest absolute Gasteiger partial charge is 0.406 e. The van der Waals surface area contributed by atoms with Crippen LogP contribution in [0, 0.1) is 0 Å². The Hall–Kier alpha value is -1.61. The van der Waals surface area contributed by atoms with E-state index in [1.807, 2.05) is 0 Å². The molecule has 0 unspecified atom stereocenters. The lowest BCUT2D eigenvalue weighted by Crippen LogP contribution is -2.39. The SMILES string of the molecule is CCCN(CC(F)(F)F)C(=O)c1ccc(S(=O)(=O)NC)cc1. The topological polar surface area (TPSA) is 66.5 Å². The van der Waals surface area contributed by atoms with Crippen LogP contribution in [0.3, 0.4) is 0 Å². The first-order chi connectivity index (χ1) is 10.1. The molecule has 0 saturated carbocycles. The minimum atomic E-state index is -4.49. The van der Waals surface area contributed by atoms with E-state index in [-0.39, 0.29) is 17.0 Å². The molecule has 0 aliphatic rings. The van der Waals surface area contributed by atoms with Gasteiger partial charge >= 0.3 is 6.18 Å². The molecule has 22 heavy (non-hydrogen) atoms. The molecule has 1 N–H and O–H groups in total. The first-order valence-corrected chi connectivity index (χ1v) is 7.98. The van der Waals surface area contributed by atoms with Crippen molar-refractivity contribution in [3.05, 3.63) is 29.8 Å². The maximum Gasteiger partial charge on any atom is 0.406 e. The van der Waals surface area contributed by atoms with Crippen molar-refractivity contribution < 1.29 is 26.4 Å². The molecule has 1 rings (SSSR count). The number of nitrogens with zero attached hydrogens (tertiary/aromatic N) is 1. The number of amides is 1. The maximum atomic E-state index is 12.5. The van der Waals surface area contributed by atoms with E-state index in [0.29, 0.717) is 11.3 Å². The van der Waals surface area contributed by atoms with E-state index in [9.17, 15) is 26.4 Å². The zero-order valence-corrected chi connectivity index (χ0v) is 13.0. The molecule has 0 bridgehead atoms. The highest BCUT2D eigenvalue weighted by molar-refractivity contribution is 7.89. The number of alkyl halides is 3. The Kier molecular flexibility index (Phi) is 5.95. The molecule has 124 valence electrons. The first-order valence-electron chi connectivity index (χ1n) is 6.50. The molecule has 0 fully saturated rings. The number of halogens is 3. The maximum absolute atomic E-state index is 12.5. The van der Waals surface area contributed by atoms with E-state index in [1.54, 1.807) is 6.92 Å². The number of carbonyl (C=O) groups is 1. The molecule has 1 amide bonds. The number of carbonyl (C=O) groups excluding carboxylic acids is 1. The predicted octanol–water partition coefficient (Wildman–Crippen LogP) is 2.01. The molecule has 0 atom stereocenters. The molecule has 0 saturated heterocycles. The quantitative estimate of drug-likeness (QED) is 0.863. The van der Waals surface area contributed by atoms with Crippen LogP contribution in [0.5, 0.6) is 0 Å². The number of rotatable bonds is 6. The van der Waals surface area contributed by atoms with Gasteiger partial charge in [0, 0.05) is 12.1 Å². The summed E-state index contributed by atoms with van der Waals surface area (Å²) >= 11 is 0. The van der Waals surface area contributed by atoms with Crippen molar-refractivity contribution in [2.75, 3.05) is 20.1 Å². The van der Waals surface area contributed by atoms with Gasteiger partial charge in [-0.3, -0.25) is 4.79 Å². The summed E-state index contributed by atoms with van der Waals surface area (Å²) in [4.78, 5) is 12.7. The fourth-order valence-corrected chi connectivity index (χ4v) is 2.55. The second-order valence-electron chi connectivity index (χ2n) is 4.57. The highest BCUT2D eigenvalue weighted by Gasteiger charge is 2.33. The molecule has 9 heteroatoms. The molecule has 5 nitrogen and oxygen atoms in total. The fraction of sp³-hybridized carbons (Fsp3) is 0.462. The van der Waals surface area contributed by atoms with Crippen molar-refractivity contribution in [3.63, 3.8) is 0 Å². The zero-order valence-electron chi connectivity index (χ0n) is 12.1. The number of hydrogen-bond acceptors (Lipinski definition) is 3. The Morgan fingerprint density at radius 2 is 1.77 bits per heavy atom. The van der Waals surface area contributed by atoms with Gasteiger partial charge in [-0.15, -0.1) is 0 Å². The van der Waals surface area contributed by atoms with Crippen LogP contribution >= 0.6 is 0 Å². The van der Waals surface area contributed by atoms with Gasteiger partial charge in [0.1, 0.15) is 6.54 Å². The summed E-state index contributed by atoms with van der Waals surface area (Å²) in [6, 6.07) is 4.75. The molecule has 0 aromatic heterocycles. The second kappa shape index (κ2) is 7.10. The van der Waals surface area contributed by atoms with Crippen LogP contribution in [0.25, 0.3) is 0 Å². The minimum Gasteiger partial charge on any atom is -0.330 e. The standard InChI is InChI=1S/C13H17F3N2O3S/c1-3-8-18(9-13(14,15)16)12(19)10-4-6-11(7-5-10)22(20,21)17-2/h4-7,17H,3,8-9H2,1-2H3. The Morgan fingerprint density at radius 1 is 1.23 bits per heavy atom. The van der Waals surface area contributed by atoms with Gasteiger partial charge in [-0.2, -0.15) is 13.2 Å². The Labute approximate surface area is 127 Å². The molecule has 0 radical (unpaired) electrons. The number of benzene rings is 1. The third kappa shape index (κ3) is 4.99. The number of hydrogen-bond donors (Lipinski definition) is 1. The monoisotopic (exact) mass is 338 g/mol. The highest BCUT2D eigenvalue weighted by atomic mass is 32.2. The first kappa shape index (κ1) is 18.4. The highest BCUT2D eigenvalue weighted by Crippen LogP contribution is 2.19. The van der Waals surface area contributed by atoms with E-state index in [2.05, 4.69) is 4.72 Å². The average Bonchev–Trinajstić information content (AvgIpc) is 2.45. The molecular weight excluding hydrogens is 321 g/mol. The van der Waals surface area contributed by atoms with Gasteiger partial charge < -0.3 is 4.90 Å². The van der Waals surface area contributed by atoms with Crippen LogP contribution in [0.2, 0.25) is 0 Å². The summed E-state index contributed by atoms with van der Waals surface area (Å²) < 4.78 is 62.7. The molecule has 0 heterocycles. The summed E-state index contributed by atoms with van der Waals surface area (Å²) in [5.74, 6) is -0.785. The van der Waals surface area contributed by atoms with Crippen molar-refractivity contribution in [1.82, 2.24) is 9.62 Å². The number of nitrogens with one attached hydrogen (secondary N) is 1. The van der Waals surface area contributed by atoms with Gasteiger partial charge in [-0.1, -0.05) is 6.92 Å². The van der Waals surface area contributed by atoms with E-state index in [1.165, 1.54) is 31.3 Å². The number of sulfonamides is 1. The van der Waals surface area contributed by atoms with Gasteiger partial charge in [0.2, 0.25) is 10.0 Å². The minimum absolute atomic E-state index is 0.00718. The van der Waals surface area contributed by atoms with E-state index >= 15 is 0 Å².